The molecule has 0 bridgehead atoms. The van der Waals surface area contributed by atoms with Crippen molar-refractivity contribution in [3.63, 3.8) is 0 Å². The Labute approximate surface area is 132 Å². The molecule has 0 fully saturated rings. The van der Waals surface area contributed by atoms with Crippen molar-refractivity contribution in [2.45, 2.75) is 0 Å². The number of hydrogen-bond donors (Lipinski definition) is 1. The van der Waals surface area contributed by atoms with Crippen LogP contribution < -0.4 is 10.4 Å². The fraction of sp³-hybridized carbons (Fsp3) is 0. The van der Waals surface area contributed by atoms with Gasteiger partial charge in [-0.1, -0.05) is 90.3 Å². The Morgan fingerprint density at radius 2 is 1.00 bits per heavy atom. The third-order valence-electron chi connectivity index (χ3n) is 3.54. The molecule has 0 aliphatic carbocycles. The van der Waals surface area contributed by atoms with Crippen LogP contribution in [0, 0.1) is 11.5 Å². The molecule has 3 rings (SSSR count). The summed E-state index contributed by atoms with van der Waals surface area (Å²) in [6.45, 7) is 0. The number of hydrogen-bond acceptors (Lipinski definition) is 1. The topological polar surface area (TPSA) is 20.2 Å². The Balaban J connectivity index is 2.11. The van der Waals surface area contributed by atoms with Gasteiger partial charge in [0.1, 0.15) is 0 Å². The first-order valence-corrected chi connectivity index (χ1v) is 9.15. The molecule has 1 nitrogen and oxygen atoms in total. The van der Waals surface area contributed by atoms with Gasteiger partial charge >= 0.3 is 8.32 Å². The summed E-state index contributed by atoms with van der Waals surface area (Å²) in [5, 5.41) is 1.81. The van der Waals surface area contributed by atoms with Crippen LogP contribution in [0.1, 0.15) is 5.56 Å². The minimum absolute atomic E-state index is 0.907. The van der Waals surface area contributed by atoms with Crippen molar-refractivity contribution in [1.82, 2.24) is 0 Å². The largest absolute Gasteiger partial charge is 0.415 e. The number of rotatable bonds is 2. The molecular weight excluding hydrogens is 284 g/mol. The van der Waals surface area contributed by atoms with Crippen LogP contribution in [0.25, 0.3) is 0 Å². The SMILES string of the molecule is O[Si](C#Cc1ccccc1)(c1ccccc1)c1ccccc1. The van der Waals surface area contributed by atoms with Crippen molar-refractivity contribution < 1.29 is 4.80 Å². The average Bonchev–Trinajstić information content (AvgIpc) is 2.62. The fourth-order valence-electron chi connectivity index (χ4n) is 2.35. The molecule has 0 aliphatic heterocycles. The maximum Gasteiger partial charge on any atom is 0.335 e. The molecule has 0 heterocycles. The molecule has 0 saturated carbocycles. The average molecular weight is 300 g/mol. The van der Waals surface area contributed by atoms with Gasteiger partial charge < -0.3 is 4.80 Å². The van der Waals surface area contributed by atoms with Crippen molar-refractivity contribution >= 4 is 18.7 Å². The lowest BCUT2D eigenvalue weighted by atomic mass is 10.2. The van der Waals surface area contributed by atoms with E-state index >= 15 is 0 Å². The molecule has 0 unspecified atom stereocenters. The molecule has 106 valence electrons. The molecule has 0 aromatic heterocycles. The van der Waals surface area contributed by atoms with Crippen LogP contribution in [0.5, 0.6) is 0 Å². The van der Waals surface area contributed by atoms with E-state index in [0.29, 0.717) is 0 Å². The highest BCUT2D eigenvalue weighted by Gasteiger charge is 2.34. The molecule has 0 spiro atoms. The van der Waals surface area contributed by atoms with Crippen molar-refractivity contribution in [2.24, 2.45) is 0 Å². The predicted molar refractivity (Wildman–Crippen MR) is 93.4 cm³/mol. The van der Waals surface area contributed by atoms with Crippen molar-refractivity contribution in [3.8, 4) is 11.5 Å². The van der Waals surface area contributed by atoms with E-state index in [2.05, 4.69) is 11.5 Å². The van der Waals surface area contributed by atoms with Crippen LogP contribution in [-0.4, -0.2) is 13.1 Å². The Morgan fingerprint density at radius 1 is 0.591 bits per heavy atom. The fourth-order valence-corrected chi connectivity index (χ4v) is 4.65. The molecule has 3 aromatic rings. The third kappa shape index (κ3) is 3.01. The zero-order chi connectivity index (χ0) is 15.3. The van der Waals surface area contributed by atoms with Gasteiger partial charge in [-0.05, 0) is 22.5 Å². The number of benzene rings is 3. The molecule has 2 heteroatoms. The van der Waals surface area contributed by atoms with Crippen LogP contribution in [0.2, 0.25) is 0 Å². The molecule has 0 radical (unpaired) electrons. The lowest BCUT2D eigenvalue weighted by Gasteiger charge is -2.19. The summed E-state index contributed by atoms with van der Waals surface area (Å²) in [7, 11) is -3.05. The van der Waals surface area contributed by atoms with Gasteiger partial charge in [-0.2, -0.15) is 0 Å². The summed E-state index contributed by atoms with van der Waals surface area (Å²) >= 11 is 0. The smallest absolute Gasteiger partial charge is 0.335 e. The third-order valence-corrected chi connectivity index (χ3v) is 6.37. The standard InChI is InChI=1S/C20H16OSi/c21-22(19-12-6-2-7-13-19,20-14-8-3-9-15-20)17-16-18-10-4-1-5-11-18/h1-15,21H. The summed E-state index contributed by atoms with van der Waals surface area (Å²) in [5.74, 6) is 3.14. The van der Waals surface area contributed by atoms with Gasteiger partial charge in [-0.15, -0.1) is 0 Å². The summed E-state index contributed by atoms with van der Waals surface area (Å²) in [5.41, 5.74) is 4.11. The van der Waals surface area contributed by atoms with E-state index in [9.17, 15) is 4.80 Å². The quantitative estimate of drug-likeness (QED) is 0.569. The predicted octanol–water partition coefficient (Wildman–Crippen LogP) is 2.33. The molecule has 1 N–H and O–H groups in total. The van der Waals surface area contributed by atoms with Crippen LogP contribution in [0.3, 0.4) is 0 Å². The van der Waals surface area contributed by atoms with Gasteiger partial charge in [-0.3, -0.25) is 0 Å². The monoisotopic (exact) mass is 300 g/mol. The van der Waals surface area contributed by atoms with Crippen LogP contribution in [0.15, 0.2) is 91.0 Å². The van der Waals surface area contributed by atoms with Gasteiger partial charge in [0.25, 0.3) is 0 Å². The molecule has 0 amide bonds. The molecule has 0 saturated heterocycles. The maximum atomic E-state index is 11.4. The summed E-state index contributed by atoms with van der Waals surface area (Å²) < 4.78 is 0. The Hall–Kier alpha value is -2.60. The molecule has 0 aliphatic rings. The lowest BCUT2D eigenvalue weighted by molar-refractivity contribution is 0.584. The first-order valence-electron chi connectivity index (χ1n) is 7.21. The van der Waals surface area contributed by atoms with E-state index in [0.717, 1.165) is 15.9 Å². The minimum atomic E-state index is -3.05. The molecule has 0 atom stereocenters. The van der Waals surface area contributed by atoms with E-state index in [-0.39, 0.29) is 0 Å². The molecule has 3 aromatic carbocycles. The van der Waals surface area contributed by atoms with Crippen molar-refractivity contribution in [2.75, 3.05) is 0 Å². The van der Waals surface area contributed by atoms with E-state index in [1.54, 1.807) is 0 Å². The van der Waals surface area contributed by atoms with Gasteiger partial charge in [0.05, 0.1) is 0 Å². The molecular formula is C20H16OSi. The van der Waals surface area contributed by atoms with E-state index < -0.39 is 8.32 Å². The Bertz CT molecular complexity index is 747. The normalized spacial score (nSPS) is 10.6. The highest BCUT2D eigenvalue weighted by Crippen LogP contribution is 2.03. The second-order valence-electron chi connectivity index (χ2n) is 5.06. The summed E-state index contributed by atoms with van der Waals surface area (Å²) in [4.78, 5) is 11.4. The van der Waals surface area contributed by atoms with Crippen LogP contribution >= 0.6 is 0 Å². The Kier molecular flexibility index (Phi) is 4.20. The molecule has 22 heavy (non-hydrogen) atoms. The summed E-state index contributed by atoms with van der Waals surface area (Å²) in [6.07, 6.45) is 0. The second kappa shape index (κ2) is 6.44. The highest BCUT2D eigenvalue weighted by molar-refractivity contribution is 7.02. The second-order valence-corrected chi connectivity index (χ2v) is 7.88. The Morgan fingerprint density at radius 3 is 1.45 bits per heavy atom. The highest BCUT2D eigenvalue weighted by atomic mass is 28.4. The van der Waals surface area contributed by atoms with Gasteiger partial charge in [0.15, 0.2) is 0 Å². The van der Waals surface area contributed by atoms with E-state index in [4.69, 9.17) is 0 Å². The summed E-state index contributed by atoms with van der Waals surface area (Å²) in [6, 6.07) is 29.3. The zero-order valence-electron chi connectivity index (χ0n) is 12.1. The van der Waals surface area contributed by atoms with Crippen molar-refractivity contribution in [1.29, 1.82) is 0 Å². The van der Waals surface area contributed by atoms with Gasteiger partial charge in [0.2, 0.25) is 0 Å². The zero-order valence-corrected chi connectivity index (χ0v) is 13.1. The van der Waals surface area contributed by atoms with Gasteiger partial charge in [-0.25, -0.2) is 0 Å². The van der Waals surface area contributed by atoms with Crippen LogP contribution in [-0.2, 0) is 0 Å². The van der Waals surface area contributed by atoms with E-state index in [1.165, 1.54) is 0 Å². The van der Waals surface area contributed by atoms with Crippen LogP contribution in [0.4, 0.5) is 0 Å². The lowest BCUT2D eigenvalue weighted by Crippen LogP contribution is -2.58. The minimum Gasteiger partial charge on any atom is -0.415 e. The first-order chi connectivity index (χ1) is 10.8. The van der Waals surface area contributed by atoms with Gasteiger partial charge in [0, 0.05) is 5.56 Å². The van der Waals surface area contributed by atoms with Crippen molar-refractivity contribution in [3.05, 3.63) is 96.6 Å². The van der Waals surface area contributed by atoms with E-state index in [1.807, 2.05) is 91.0 Å². The maximum absolute atomic E-state index is 11.4. The first kappa shape index (κ1) is 14.3.